The van der Waals surface area contributed by atoms with Gasteiger partial charge in [-0.15, -0.1) is 0 Å². The van der Waals surface area contributed by atoms with E-state index in [-0.39, 0.29) is 11.9 Å². The lowest BCUT2D eigenvalue weighted by atomic mass is 9.96. The van der Waals surface area contributed by atoms with Crippen molar-refractivity contribution in [2.24, 2.45) is 0 Å². The van der Waals surface area contributed by atoms with Gasteiger partial charge in [0, 0.05) is 39.6 Å². The normalized spacial score (nSPS) is 16.2. The Morgan fingerprint density at radius 1 is 1.22 bits per heavy atom. The molecule has 3 aromatic carbocycles. The minimum atomic E-state index is -0.693. The van der Waals surface area contributed by atoms with Crippen LogP contribution in [0, 0.1) is 17.1 Å². The first-order valence-electron chi connectivity index (χ1n) is 9.96. The highest BCUT2D eigenvalue weighted by atomic mass is 35.5. The molecule has 2 aliphatic rings. The van der Waals surface area contributed by atoms with Crippen LogP contribution in [0.1, 0.15) is 38.7 Å². The van der Waals surface area contributed by atoms with Crippen molar-refractivity contribution < 1.29 is 14.0 Å². The number of anilines is 2. The minimum Gasteiger partial charge on any atom is -0.341 e. The van der Waals surface area contributed by atoms with Crippen LogP contribution in [0.4, 0.5) is 20.6 Å². The number of hydrogen-bond acceptors (Lipinski definition) is 3. The van der Waals surface area contributed by atoms with Gasteiger partial charge in [0.05, 0.1) is 17.7 Å². The predicted molar refractivity (Wildman–Crippen MR) is 118 cm³/mol. The van der Waals surface area contributed by atoms with Crippen molar-refractivity contribution in [1.29, 1.82) is 5.26 Å². The standard InChI is InChI=1S/C24H16ClFN4O2/c25-18-6-5-15(26)11-17(18)22-21-16(23(31)29-22)2-1-3-19(21)28-24(32)30-9-8-14-10-13(12-27)4-7-20(14)30/h1-7,10-11,22H,8-9H2,(H,28,32)(H,29,31). The van der Waals surface area contributed by atoms with E-state index in [0.29, 0.717) is 45.9 Å². The molecule has 8 heteroatoms. The van der Waals surface area contributed by atoms with Crippen molar-refractivity contribution in [3.63, 3.8) is 0 Å². The number of fused-ring (bicyclic) bond motifs is 2. The van der Waals surface area contributed by atoms with E-state index in [9.17, 15) is 14.0 Å². The lowest BCUT2D eigenvalue weighted by molar-refractivity contribution is 0.0960. The molecule has 0 spiro atoms. The Kier molecular flexibility index (Phi) is 4.80. The van der Waals surface area contributed by atoms with Crippen LogP contribution in [-0.4, -0.2) is 18.5 Å². The zero-order chi connectivity index (χ0) is 22.4. The summed E-state index contributed by atoms with van der Waals surface area (Å²) in [5.41, 5.74) is 4.01. The molecular weight excluding hydrogens is 431 g/mol. The van der Waals surface area contributed by atoms with Crippen molar-refractivity contribution in [3.05, 3.63) is 93.3 Å². The van der Waals surface area contributed by atoms with E-state index in [1.807, 2.05) is 0 Å². The summed E-state index contributed by atoms with van der Waals surface area (Å²) >= 11 is 6.30. The molecule has 2 N–H and O–H groups in total. The average Bonchev–Trinajstić information content (AvgIpc) is 3.37. The Morgan fingerprint density at radius 2 is 2.06 bits per heavy atom. The molecule has 158 valence electrons. The van der Waals surface area contributed by atoms with Crippen molar-refractivity contribution in [2.45, 2.75) is 12.5 Å². The van der Waals surface area contributed by atoms with Gasteiger partial charge in [0.1, 0.15) is 5.82 Å². The number of nitrogens with one attached hydrogen (secondary N) is 2. The van der Waals surface area contributed by atoms with Crippen molar-refractivity contribution in [3.8, 4) is 6.07 Å². The van der Waals surface area contributed by atoms with Gasteiger partial charge in [-0.1, -0.05) is 17.7 Å². The molecule has 3 amide bonds. The summed E-state index contributed by atoms with van der Waals surface area (Å²) in [6, 6.07) is 15.3. The number of urea groups is 1. The largest absolute Gasteiger partial charge is 0.341 e. The van der Waals surface area contributed by atoms with Gasteiger partial charge >= 0.3 is 6.03 Å². The summed E-state index contributed by atoms with van der Waals surface area (Å²) in [6.45, 7) is 0.474. The van der Waals surface area contributed by atoms with Crippen LogP contribution >= 0.6 is 11.6 Å². The molecule has 1 atom stereocenters. The van der Waals surface area contributed by atoms with Crippen molar-refractivity contribution >= 4 is 34.9 Å². The SMILES string of the molecule is N#Cc1ccc2c(c1)CCN2C(=O)Nc1cccc2c1C(c1cc(F)ccc1Cl)NC2=O. The van der Waals surface area contributed by atoms with E-state index in [4.69, 9.17) is 16.9 Å². The van der Waals surface area contributed by atoms with Gasteiger partial charge in [-0.25, -0.2) is 9.18 Å². The molecule has 0 fully saturated rings. The Bertz CT molecular complexity index is 1330. The fraction of sp³-hybridized carbons (Fsp3) is 0.125. The molecular formula is C24H16ClFN4O2. The molecule has 32 heavy (non-hydrogen) atoms. The summed E-state index contributed by atoms with van der Waals surface area (Å²) in [5.74, 6) is -0.795. The fourth-order valence-corrected chi connectivity index (χ4v) is 4.52. The van der Waals surface area contributed by atoms with Crippen molar-refractivity contribution in [2.75, 3.05) is 16.8 Å². The second-order valence-electron chi connectivity index (χ2n) is 7.63. The Balaban J connectivity index is 1.50. The first kappa shape index (κ1) is 20.0. The van der Waals surface area contributed by atoms with Crippen LogP contribution in [0.15, 0.2) is 54.6 Å². The summed E-state index contributed by atoms with van der Waals surface area (Å²) in [5, 5.41) is 15.1. The quantitative estimate of drug-likeness (QED) is 0.594. The predicted octanol–water partition coefficient (Wildman–Crippen LogP) is 4.78. The molecule has 0 saturated heterocycles. The van der Waals surface area contributed by atoms with Gasteiger partial charge in [0.25, 0.3) is 5.91 Å². The molecule has 1 unspecified atom stereocenters. The monoisotopic (exact) mass is 446 g/mol. The van der Waals surface area contributed by atoms with Gasteiger partial charge in [-0.05, 0) is 60.5 Å². The van der Waals surface area contributed by atoms with E-state index < -0.39 is 11.9 Å². The maximum absolute atomic E-state index is 13.9. The van der Waals surface area contributed by atoms with Gasteiger partial charge in [-0.3, -0.25) is 9.69 Å². The minimum absolute atomic E-state index is 0.312. The van der Waals surface area contributed by atoms with Gasteiger partial charge in [0.15, 0.2) is 0 Å². The number of carbonyl (C=O) groups is 2. The van der Waals surface area contributed by atoms with E-state index in [0.717, 1.165) is 11.3 Å². The van der Waals surface area contributed by atoms with Crippen LogP contribution in [0.3, 0.4) is 0 Å². The van der Waals surface area contributed by atoms with Gasteiger partial charge in [-0.2, -0.15) is 5.26 Å². The van der Waals surface area contributed by atoms with E-state index in [2.05, 4.69) is 16.7 Å². The first-order valence-corrected chi connectivity index (χ1v) is 10.3. The third-order valence-electron chi connectivity index (χ3n) is 5.77. The summed E-state index contributed by atoms with van der Waals surface area (Å²) < 4.78 is 13.9. The number of amides is 3. The van der Waals surface area contributed by atoms with Crippen LogP contribution in [0.25, 0.3) is 0 Å². The van der Waals surface area contributed by atoms with E-state index in [1.54, 1.807) is 41.3 Å². The second kappa shape index (κ2) is 7.66. The molecule has 2 heterocycles. The Hall–Kier alpha value is -3.89. The smallest absolute Gasteiger partial charge is 0.326 e. The number of nitrogens with zero attached hydrogens (tertiary/aromatic N) is 2. The van der Waals surface area contributed by atoms with Gasteiger partial charge < -0.3 is 10.6 Å². The molecule has 0 aromatic heterocycles. The lowest BCUT2D eigenvalue weighted by Crippen LogP contribution is -2.33. The second-order valence-corrected chi connectivity index (χ2v) is 8.03. The third kappa shape index (κ3) is 3.26. The molecule has 5 rings (SSSR count). The third-order valence-corrected chi connectivity index (χ3v) is 6.12. The summed E-state index contributed by atoms with van der Waals surface area (Å²) in [7, 11) is 0. The highest BCUT2D eigenvalue weighted by Gasteiger charge is 2.34. The van der Waals surface area contributed by atoms with Crippen LogP contribution in [-0.2, 0) is 6.42 Å². The van der Waals surface area contributed by atoms with E-state index in [1.165, 1.54) is 18.2 Å². The molecule has 0 aliphatic carbocycles. The highest BCUT2D eigenvalue weighted by molar-refractivity contribution is 6.31. The number of nitriles is 1. The zero-order valence-electron chi connectivity index (χ0n) is 16.7. The topological polar surface area (TPSA) is 85.2 Å². The van der Waals surface area contributed by atoms with E-state index >= 15 is 0 Å². The van der Waals surface area contributed by atoms with Crippen LogP contribution in [0.2, 0.25) is 5.02 Å². The molecule has 2 aliphatic heterocycles. The highest BCUT2D eigenvalue weighted by Crippen LogP contribution is 2.39. The number of halogens is 2. The Morgan fingerprint density at radius 3 is 2.88 bits per heavy atom. The molecule has 0 saturated carbocycles. The average molecular weight is 447 g/mol. The maximum atomic E-state index is 13.9. The van der Waals surface area contributed by atoms with Crippen LogP contribution < -0.4 is 15.5 Å². The van der Waals surface area contributed by atoms with Gasteiger partial charge in [0.2, 0.25) is 0 Å². The van der Waals surface area contributed by atoms with Crippen molar-refractivity contribution in [1.82, 2.24) is 5.32 Å². The molecule has 3 aromatic rings. The maximum Gasteiger partial charge on any atom is 0.326 e. The summed E-state index contributed by atoms with van der Waals surface area (Å²) in [4.78, 5) is 27.3. The number of benzene rings is 3. The fourth-order valence-electron chi connectivity index (χ4n) is 4.30. The molecule has 0 radical (unpaired) electrons. The zero-order valence-corrected chi connectivity index (χ0v) is 17.4. The molecule has 0 bridgehead atoms. The molecule has 6 nitrogen and oxygen atoms in total. The summed E-state index contributed by atoms with van der Waals surface area (Å²) in [6.07, 6.45) is 0.646. The lowest BCUT2D eigenvalue weighted by Gasteiger charge is -2.21. The number of rotatable bonds is 2. The first-order chi connectivity index (χ1) is 15.5. The Labute approximate surface area is 188 Å². The number of carbonyl (C=O) groups excluding carboxylic acids is 2. The van der Waals surface area contributed by atoms with Crippen LogP contribution in [0.5, 0.6) is 0 Å². The number of hydrogen-bond donors (Lipinski definition) is 2.